The molecule has 1 aliphatic heterocycles. The van der Waals surface area contributed by atoms with Crippen molar-refractivity contribution in [2.75, 3.05) is 13.2 Å². The van der Waals surface area contributed by atoms with Crippen molar-refractivity contribution < 1.29 is 9.84 Å². The maximum atomic E-state index is 10.7. The molecule has 5 rings (SSSR count). The first-order valence-electron chi connectivity index (χ1n) is 9.53. The third kappa shape index (κ3) is 3.85. The van der Waals surface area contributed by atoms with E-state index in [0.29, 0.717) is 6.61 Å². The van der Waals surface area contributed by atoms with Gasteiger partial charge in [-0.15, -0.1) is 0 Å². The largest absolute Gasteiger partial charge is 0.492 e. The van der Waals surface area contributed by atoms with Crippen molar-refractivity contribution in [1.29, 1.82) is 0 Å². The van der Waals surface area contributed by atoms with Gasteiger partial charge in [0, 0.05) is 43.2 Å². The highest BCUT2D eigenvalue weighted by atomic mass is 32.1. The number of hydrogen-bond donors (Lipinski definition) is 1. The Balaban J connectivity index is 1.38. The summed E-state index contributed by atoms with van der Waals surface area (Å²) in [6.45, 7) is 3.04. The summed E-state index contributed by atoms with van der Waals surface area (Å²) in [6.07, 6.45) is 2.70. The van der Waals surface area contributed by atoms with Gasteiger partial charge in [-0.2, -0.15) is 8.75 Å². The van der Waals surface area contributed by atoms with Crippen LogP contribution in [0.2, 0.25) is 0 Å². The zero-order valence-electron chi connectivity index (χ0n) is 15.7. The van der Waals surface area contributed by atoms with E-state index in [1.807, 2.05) is 36.4 Å². The van der Waals surface area contributed by atoms with E-state index in [0.717, 1.165) is 53.1 Å². The highest BCUT2D eigenvalue weighted by molar-refractivity contribution is 7.00. The molecule has 6 nitrogen and oxygen atoms in total. The number of ether oxygens (including phenoxy) is 1. The van der Waals surface area contributed by atoms with Crippen molar-refractivity contribution in [2.24, 2.45) is 0 Å². The number of aromatic nitrogens is 3. The van der Waals surface area contributed by atoms with E-state index < -0.39 is 6.10 Å². The fourth-order valence-electron chi connectivity index (χ4n) is 3.69. The van der Waals surface area contributed by atoms with Crippen LogP contribution in [-0.2, 0) is 13.1 Å². The topological polar surface area (TPSA) is 71.4 Å². The van der Waals surface area contributed by atoms with Gasteiger partial charge in [-0.05, 0) is 41.5 Å². The fourth-order valence-corrected chi connectivity index (χ4v) is 4.21. The molecule has 0 amide bonds. The van der Waals surface area contributed by atoms with E-state index in [4.69, 9.17) is 4.74 Å². The minimum atomic E-state index is -0.703. The Morgan fingerprint density at radius 3 is 2.90 bits per heavy atom. The molecule has 146 valence electrons. The average molecular weight is 404 g/mol. The predicted molar refractivity (Wildman–Crippen MR) is 112 cm³/mol. The molecule has 29 heavy (non-hydrogen) atoms. The Morgan fingerprint density at radius 2 is 2.00 bits per heavy atom. The molecule has 0 saturated heterocycles. The quantitative estimate of drug-likeness (QED) is 0.561. The van der Waals surface area contributed by atoms with Crippen LogP contribution in [0.4, 0.5) is 0 Å². The smallest absolute Gasteiger partial charge is 0.123 e. The summed E-state index contributed by atoms with van der Waals surface area (Å²) in [4.78, 5) is 6.46. The maximum Gasteiger partial charge on any atom is 0.123 e. The molecule has 1 N–H and O–H groups in total. The second-order valence-corrected chi connectivity index (χ2v) is 7.73. The van der Waals surface area contributed by atoms with Crippen LogP contribution in [0.1, 0.15) is 28.4 Å². The molecule has 0 saturated carbocycles. The molecule has 1 aliphatic rings. The average Bonchev–Trinajstić information content (AvgIpc) is 3.13. The van der Waals surface area contributed by atoms with Crippen LogP contribution >= 0.6 is 11.7 Å². The van der Waals surface area contributed by atoms with Gasteiger partial charge in [-0.1, -0.05) is 18.2 Å². The van der Waals surface area contributed by atoms with Crippen molar-refractivity contribution in [3.05, 3.63) is 83.2 Å². The summed E-state index contributed by atoms with van der Waals surface area (Å²) in [5.74, 6) is 0.883. The normalized spacial score (nSPS) is 15.5. The SMILES string of the molecule is OC(c1cccnc1)c1ccc2c(c1)CN(Cc1ccc3nsnc3c1)CCO2. The molecule has 0 fully saturated rings. The summed E-state index contributed by atoms with van der Waals surface area (Å²) in [7, 11) is 0. The number of rotatable bonds is 4. The van der Waals surface area contributed by atoms with Crippen molar-refractivity contribution in [1.82, 2.24) is 18.6 Å². The zero-order chi connectivity index (χ0) is 19.6. The molecule has 2 aromatic heterocycles. The highest BCUT2D eigenvalue weighted by Crippen LogP contribution is 2.30. The summed E-state index contributed by atoms with van der Waals surface area (Å²) < 4.78 is 14.6. The Labute approximate surface area is 172 Å². The number of hydrogen-bond acceptors (Lipinski definition) is 7. The Hall–Kier alpha value is -2.87. The second-order valence-electron chi connectivity index (χ2n) is 7.20. The van der Waals surface area contributed by atoms with Gasteiger partial charge in [0.1, 0.15) is 29.5 Å². The molecule has 1 atom stereocenters. The van der Waals surface area contributed by atoms with E-state index in [-0.39, 0.29) is 0 Å². The van der Waals surface area contributed by atoms with Gasteiger partial charge in [-0.3, -0.25) is 9.88 Å². The molecular weight excluding hydrogens is 384 g/mol. The van der Waals surface area contributed by atoms with Gasteiger partial charge >= 0.3 is 0 Å². The monoisotopic (exact) mass is 404 g/mol. The van der Waals surface area contributed by atoms with E-state index in [1.54, 1.807) is 12.4 Å². The third-order valence-electron chi connectivity index (χ3n) is 5.18. The summed E-state index contributed by atoms with van der Waals surface area (Å²) in [5, 5.41) is 10.7. The zero-order valence-corrected chi connectivity index (χ0v) is 16.5. The standard InChI is InChI=1S/C22H20N4O2S/c27-22(17-2-1-7-23-12-17)16-4-6-21-18(11-16)14-26(8-9-28-21)13-15-3-5-19-20(10-15)25-29-24-19/h1-7,10-12,22,27H,8-9,13-14H2. The number of aliphatic hydroxyl groups is 1. The van der Waals surface area contributed by atoms with Crippen LogP contribution in [0.5, 0.6) is 5.75 Å². The number of aliphatic hydroxyl groups excluding tert-OH is 1. The van der Waals surface area contributed by atoms with E-state index in [1.165, 1.54) is 17.3 Å². The lowest BCUT2D eigenvalue weighted by Crippen LogP contribution is -2.25. The van der Waals surface area contributed by atoms with Crippen LogP contribution in [0.3, 0.4) is 0 Å². The van der Waals surface area contributed by atoms with Gasteiger partial charge in [0.25, 0.3) is 0 Å². The van der Waals surface area contributed by atoms with Crippen LogP contribution in [0.15, 0.2) is 60.9 Å². The lowest BCUT2D eigenvalue weighted by molar-refractivity contribution is 0.218. The molecule has 0 spiro atoms. The molecule has 1 unspecified atom stereocenters. The number of fused-ring (bicyclic) bond motifs is 2. The minimum absolute atomic E-state index is 0.637. The fraction of sp³-hybridized carbons (Fsp3) is 0.227. The van der Waals surface area contributed by atoms with E-state index in [2.05, 4.69) is 30.8 Å². The Bertz CT molecular complexity index is 1130. The molecule has 0 aliphatic carbocycles. The first-order valence-corrected chi connectivity index (χ1v) is 10.3. The van der Waals surface area contributed by atoms with Crippen molar-refractivity contribution in [3.8, 4) is 5.75 Å². The summed E-state index contributed by atoms with van der Waals surface area (Å²) >= 11 is 1.24. The van der Waals surface area contributed by atoms with Gasteiger partial charge in [0.05, 0.1) is 11.7 Å². The van der Waals surface area contributed by atoms with Gasteiger partial charge in [0.15, 0.2) is 0 Å². The maximum absolute atomic E-state index is 10.7. The second kappa shape index (κ2) is 7.87. The van der Waals surface area contributed by atoms with Crippen molar-refractivity contribution in [3.63, 3.8) is 0 Å². The Morgan fingerprint density at radius 1 is 1.07 bits per heavy atom. The third-order valence-corrected chi connectivity index (χ3v) is 5.74. The van der Waals surface area contributed by atoms with Crippen molar-refractivity contribution >= 4 is 22.8 Å². The van der Waals surface area contributed by atoms with Crippen LogP contribution in [0, 0.1) is 0 Å². The van der Waals surface area contributed by atoms with E-state index >= 15 is 0 Å². The highest BCUT2D eigenvalue weighted by Gasteiger charge is 2.19. The molecule has 3 heterocycles. The number of nitrogens with zero attached hydrogens (tertiary/aromatic N) is 4. The van der Waals surface area contributed by atoms with Gasteiger partial charge < -0.3 is 9.84 Å². The van der Waals surface area contributed by atoms with Gasteiger partial charge in [-0.25, -0.2) is 0 Å². The van der Waals surface area contributed by atoms with Crippen LogP contribution in [-0.4, -0.2) is 36.9 Å². The number of pyridine rings is 1. The molecule has 0 radical (unpaired) electrons. The molecule has 0 bridgehead atoms. The molecule has 4 aromatic rings. The summed E-state index contributed by atoms with van der Waals surface area (Å²) in [5.41, 5.74) is 5.80. The van der Waals surface area contributed by atoms with Crippen molar-refractivity contribution in [2.45, 2.75) is 19.2 Å². The minimum Gasteiger partial charge on any atom is -0.492 e. The lowest BCUT2D eigenvalue weighted by atomic mass is 10.00. The van der Waals surface area contributed by atoms with Gasteiger partial charge in [0.2, 0.25) is 0 Å². The lowest BCUT2D eigenvalue weighted by Gasteiger charge is -2.20. The first kappa shape index (κ1) is 18.2. The molecular formula is C22H20N4O2S. The first-order chi connectivity index (χ1) is 14.3. The molecule has 7 heteroatoms. The molecule has 2 aromatic carbocycles. The number of benzene rings is 2. The Kier molecular flexibility index (Phi) is 4.93. The van der Waals surface area contributed by atoms with E-state index in [9.17, 15) is 5.11 Å². The van der Waals surface area contributed by atoms with Crippen LogP contribution < -0.4 is 4.74 Å². The van der Waals surface area contributed by atoms with Crippen LogP contribution in [0.25, 0.3) is 11.0 Å². The predicted octanol–water partition coefficient (Wildman–Crippen LogP) is 3.56. The summed E-state index contributed by atoms with van der Waals surface area (Å²) in [6, 6.07) is 15.9.